The molecule has 7 nitrogen and oxygen atoms in total. The number of amides is 2. The van der Waals surface area contributed by atoms with Gasteiger partial charge in [-0.3, -0.25) is 0 Å². The van der Waals surface area contributed by atoms with Gasteiger partial charge in [0.15, 0.2) is 17.3 Å². The highest BCUT2D eigenvalue weighted by Crippen LogP contribution is 2.32. The van der Waals surface area contributed by atoms with Crippen LogP contribution in [0.5, 0.6) is 5.75 Å². The number of ether oxygens (including phenoxy) is 1. The van der Waals surface area contributed by atoms with Gasteiger partial charge in [-0.2, -0.15) is 0 Å². The Bertz CT molecular complexity index is 780. The largest absolute Gasteiger partial charge is 0.479 e. The maximum Gasteiger partial charge on any atom is 0.328 e. The Hall–Kier alpha value is -1.97. The Labute approximate surface area is 157 Å². The van der Waals surface area contributed by atoms with E-state index in [4.69, 9.17) is 4.74 Å². The van der Waals surface area contributed by atoms with Gasteiger partial charge in [0, 0.05) is 11.5 Å². The fourth-order valence-electron chi connectivity index (χ4n) is 2.37. The lowest BCUT2D eigenvalue weighted by Gasteiger charge is -2.15. The van der Waals surface area contributed by atoms with E-state index in [1.165, 1.54) is 21.1 Å². The van der Waals surface area contributed by atoms with Gasteiger partial charge in [-0.15, -0.1) is 10.2 Å². The van der Waals surface area contributed by atoms with Gasteiger partial charge < -0.3 is 14.7 Å². The number of aliphatic hydroxyl groups is 1. The standard InChI is InChI=1S/C16H17BrN4O3S/c1-3-4-12(24-11-7-5-10(17)6-8-11)14-18-19-15(25-14)21-13(22)9-20(2)16(21)23/h3-8,12-13,22H,9H2,1-2H3/b4-3+. The van der Waals surface area contributed by atoms with Crippen LogP contribution in [-0.4, -0.2) is 46.1 Å². The average molecular weight is 425 g/mol. The third-order valence-electron chi connectivity index (χ3n) is 3.59. The number of hydrogen-bond acceptors (Lipinski definition) is 6. The number of benzene rings is 1. The van der Waals surface area contributed by atoms with E-state index in [1.807, 2.05) is 43.3 Å². The quantitative estimate of drug-likeness (QED) is 0.745. The molecule has 2 atom stereocenters. The Morgan fingerprint density at radius 1 is 1.40 bits per heavy atom. The maximum absolute atomic E-state index is 12.1. The molecular weight excluding hydrogens is 408 g/mol. The molecule has 1 fully saturated rings. The van der Waals surface area contributed by atoms with Crippen LogP contribution in [0.1, 0.15) is 18.0 Å². The van der Waals surface area contributed by atoms with Crippen LogP contribution in [0.15, 0.2) is 40.9 Å². The Morgan fingerprint density at radius 2 is 2.12 bits per heavy atom. The van der Waals surface area contributed by atoms with E-state index in [9.17, 15) is 9.90 Å². The topological polar surface area (TPSA) is 78.8 Å². The van der Waals surface area contributed by atoms with Gasteiger partial charge in [-0.05, 0) is 37.3 Å². The number of anilines is 1. The van der Waals surface area contributed by atoms with Crippen molar-refractivity contribution in [3.8, 4) is 5.75 Å². The van der Waals surface area contributed by atoms with E-state index < -0.39 is 12.3 Å². The molecule has 2 amide bonds. The van der Waals surface area contributed by atoms with Crippen LogP contribution < -0.4 is 9.64 Å². The zero-order valence-corrected chi connectivity index (χ0v) is 16.1. The summed E-state index contributed by atoms with van der Waals surface area (Å²) >= 11 is 4.61. The minimum Gasteiger partial charge on any atom is -0.479 e. The molecule has 2 unspecified atom stereocenters. The summed E-state index contributed by atoms with van der Waals surface area (Å²) in [6.45, 7) is 2.13. The normalized spacial score (nSPS) is 19.0. The van der Waals surface area contributed by atoms with Crippen LogP contribution in [0, 0.1) is 0 Å². The number of likely N-dealkylation sites (N-methyl/N-ethyl adjacent to an activating group) is 1. The van der Waals surface area contributed by atoms with Crippen molar-refractivity contribution in [3.63, 3.8) is 0 Å². The zero-order valence-electron chi connectivity index (χ0n) is 13.7. The van der Waals surface area contributed by atoms with Crippen LogP contribution in [0.25, 0.3) is 0 Å². The number of aromatic nitrogens is 2. The van der Waals surface area contributed by atoms with Gasteiger partial charge in [-0.25, -0.2) is 9.69 Å². The summed E-state index contributed by atoms with van der Waals surface area (Å²) in [5, 5.41) is 19.2. The van der Waals surface area contributed by atoms with Gasteiger partial charge in [0.1, 0.15) is 5.75 Å². The first-order valence-corrected chi connectivity index (χ1v) is 9.21. The van der Waals surface area contributed by atoms with Gasteiger partial charge in [0.05, 0.1) is 6.54 Å². The molecule has 132 valence electrons. The second-order valence-corrected chi connectivity index (χ2v) is 7.36. The van der Waals surface area contributed by atoms with Crippen molar-refractivity contribution in [2.45, 2.75) is 19.3 Å². The highest BCUT2D eigenvalue weighted by atomic mass is 79.9. The number of β-amino-alcohol motifs (C(OH)–C–C–N with tert-alkyl or cyclic N) is 1. The molecule has 0 saturated carbocycles. The molecule has 1 saturated heterocycles. The lowest BCUT2D eigenvalue weighted by molar-refractivity contribution is 0.183. The van der Waals surface area contributed by atoms with Crippen molar-refractivity contribution in [2.75, 3.05) is 18.5 Å². The smallest absolute Gasteiger partial charge is 0.328 e. The third kappa shape index (κ3) is 3.83. The summed E-state index contributed by atoms with van der Waals surface area (Å²) in [5.41, 5.74) is 0. The van der Waals surface area contributed by atoms with Crippen LogP contribution in [0.2, 0.25) is 0 Å². The molecule has 3 rings (SSSR count). The number of urea groups is 1. The summed E-state index contributed by atoms with van der Waals surface area (Å²) in [6, 6.07) is 7.19. The summed E-state index contributed by atoms with van der Waals surface area (Å²) in [7, 11) is 1.63. The molecule has 2 aromatic rings. The van der Waals surface area contributed by atoms with Crippen LogP contribution in [0.3, 0.4) is 0 Å². The van der Waals surface area contributed by atoms with Crippen molar-refractivity contribution in [1.82, 2.24) is 15.1 Å². The predicted octanol–water partition coefficient (Wildman–Crippen LogP) is 3.19. The number of carbonyl (C=O) groups is 1. The second kappa shape index (κ2) is 7.51. The molecular formula is C16H17BrN4O3S. The van der Waals surface area contributed by atoms with Crippen molar-refractivity contribution >= 4 is 38.4 Å². The highest BCUT2D eigenvalue weighted by Gasteiger charge is 2.37. The minimum absolute atomic E-state index is 0.238. The van der Waals surface area contributed by atoms with Crippen molar-refractivity contribution < 1.29 is 14.6 Å². The molecule has 1 aliphatic heterocycles. The maximum atomic E-state index is 12.1. The summed E-state index contributed by atoms with van der Waals surface area (Å²) < 4.78 is 6.93. The third-order valence-corrected chi connectivity index (χ3v) is 5.10. The number of halogens is 1. The molecule has 1 aromatic carbocycles. The number of aliphatic hydroxyl groups excluding tert-OH is 1. The lowest BCUT2D eigenvalue weighted by atomic mass is 10.3. The monoisotopic (exact) mass is 424 g/mol. The van der Waals surface area contributed by atoms with E-state index in [0.717, 1.165) is 4.47 Å². The molecule has 1 aliphatic rings. The zero-order chi connectivity index (χ0) is 18.0. The van der Waals surface area contributed by atoms with Gasteiger partial charge in [0.2, 0.25) is 5.13 Å². The fourth-order valence-corrected chi connectivity index (χ4v) is 3.53. The van der Waals surface area contributed by atoms with Crippen molar-refractivity contribution in [2.24, 2.45) is 0 Å². The summed E-state index contributed by atoms with van der Waals surface area (Å²) in [4.78, 5) is 14.8. The molecule has 25 heavy (non-hydrogen) atoms. The van der Waals surface area contributed by atoms with Gasteiger partial charge in [0.25, 0.3) is 0 Å². The molecule has 1 aromatic heterocycles. The number of allylic oxidation sites excluding steroid dienone is 1. The van der Waals surface area contributed by atoms with Gasteiger partial charge in [-0.1, -0.05) is 33.3 Å². The van der Waals surface area contributed by atoms with E-state index in [0.29, 0.717) is 15.9 Å². The Kier molecular flexibility index (Phi) is 5.36. The molecule has 2 heterocycles. The Morgan fingerprint density at radius 3 is 2.72 bits per heavy atom. The number of hydrogen-bond donors (Lipinski definition) is 1. The molecule has 1 N–H and O–H groups in total. The molecule has 0 aliphatic carbocycles. The first kappa shape index (κ1) is 17.8. The van der Waals surface area contributed by atoms with Crippen molar-refractivity contribution in [3.05, 3.63) is 45.9 Å². The Balaban J connectivity index is 1.82. The fraction of sp³-hybridized carbons (Fsp3) is 0.312. The molecule has 9 heteroatoms. The molecule has 0 spiro atoms. The highest BCUT2D eigenvalue weighted by molar-refractivity contribution is 9.10. The predicted molar refractivity (Wildman–Crippen MR) is 98.7 cm³/mol. The van der Waals surface area contributed by atoms with Crippen LogP contribution >= 0.6 is 27.3 Å². The lowest BCUT2D eigenvalue weighted by Crippen LogP contribution is -2.34. The number of rotatable bonds is 5. The van der Waals surface area contributed by atoms with E-state index >= 15 is 0 Å². The number of nitrogens with zero attached hydrogens (tertiary/aromatic N) is 4. The first-order chi connectivity index (χ1) is 12.0. The minimum atomic E-state index is -0.925. The van der Waals surface area contributed by atoms with E-state index in [-0.39, 0.29) is 12.6 Å². The second-order valence-electron chi connectivity index (χ2n) is 5.45. The molecule has 0 bridgehead atoms. The average Bonchev–Trinajstić information content (AvgIpc) is 3.14. The molecule has 0 radical (unpaired) electrons. The van der Waals surface area contributed by atoms with Crippen molar-refractivity contribution in [1.29, 1.82) is 0 Å². The number of carbonyl (C=O) groups excluding carboxylic acids is 1. The van der Waals surface area contributed by atoms with Gasteiger partial charge >= 0.3 is 6.03 Å². The first-order valence-electron chi connectivity index (χ1n) is 7.60. The van der Waals surface area contributed by atoms with Crippen LogP contribution in [-0.2, 0) is 0 Å². The summed E-state index contributed by atoms with van der Waals surface area (Å²) in [5.74, 6) is 0.695. The van der Waals surface area contributed by atoms with E-state index in [1.54, 1.807) is 7.05 Å². The SMILES string of the molecule is C/C=C/C(Oc1ccc(Br)cc1)c1nnc(N2C(=O)N(C)CC2O)s1. The van der Waals surface area contributed by atoms with Crippen LogP contribution in [0.4, 0.5) is 9.93 Å². The van der Waals surface area contributed by atoms with E-state index in [2.05, 4.69) is 26.1 Å². The summed E-state index contributed by atoms with van der Waals surface area (Å²) in [6.07, 6.45) is 2.38.